The third kappa shape index (κ3) is 3.67. The number of nitrogens with zero attached hydrogens (tertiary/aromatic N) is 1. The fraction of sp³-hybridized carbons (Fsp3) is 0.100. The molecule has 0 spiro atoms. The third-order valence-corrected chi connectivity index (χ3v) is 3.90. The summed E-state index contributed by atoms with van der Waals surface area (Å²) in [4.78, 5) is 12.2. The Morgan fingerprint density at radius 2 is 1.94 bits per heavy atom. The first-order valence-electron chi connectivity index (χ1n) is 4.70. The molecule has 0 atom stereocenters. The van der Waals surface area contributed by atoms with E-state index in [2.05, 4.69) is 27.1 Å². The van der Waals surface area contributed by atoms with E-state index in [0.29, 0.717) is 14.7 Å². The highest BCUT2D eigenvalue weighted by Crippen LogP contribution is 2.27. The van der Waals surface area contributed by atoms with Gasteiger partial charge in [-0.05, 0) is 48.9 Å². The van der Waals surface area contributed by atoms with E-state index in [1.54, 1.807) is 11.8 Å². The molecule has 0 saturated heterocycles. The van der Waals surface area contributed by atoms with Gasteiger partial charge in [0, 0.05) is 9.79 Å². The summed E-state index contributed by atoms with van der Waals surface area (Å²) in [6.07, 6.45) is 2.05. The van der Waals surface area contributed by atoms with E-state index in [0.717, 1.165) is 4.90 Å². The Labute approximate surface area is 117 Å². The molecule has 0 saturated carbocycles. The summed E-state index contributed by atoms with van der Waals surface area (Å²) in [5.41, 5.74) is 0. The van der Waals surface area contributed by atoms with Gasteiger partial charge in [-0.3, -0.25) is 0 Å². The molecule has 0 amide bonds. The van der Waals surface area contributed by atoms with Crippen molar-refractivity contribution >= 4 is 48.0 Å². The van der Waals surface area contributed by atoms with E-state index in [1.807, 2.05) is 18.4 Å². The highest BCUT2D eigenvalue weighted by Gasteiger charge is 2.00. The van der Waals surface area contributed by atoms with E-state index < -0.39 is 0 Å². The van der Waals surface area contributed by atoms with Crippen molar-refractivity contribution in [2.45, 2.75) is 14.9 Å². The number of hydrogen-bond donors (Lipinski definition) is 2. The maximum absolute atomic E-state index is 5.02. The summed E-state index contributed by atoms with van der Waals surface area (Å²) in [5.74, 6) is 0. The summed E-state index contributed by atoms with van der Waals surface area (Å²) in [6.45, 7) is 0. The van der Waals surface area contributed by atoms with E-state index in [-0.39, 0.29) is 0 Å². The average molecular weight is 299 g/mol. The van der Waals surface area contributed by atoms with Gasteiger partial charge < -0.3 is 9.97 Å². The second-order valence-electron chi connectivity index (χ2n) is 3.08. The molecule has 1 aromatic heterocycles. The van der Waals surface area contributed by atoms with Crippen molar-refractivity contribution in [3.63, 3.8) is 0 Å². The average Bonchev–Trinajstić information content (AvgIpc) is 2.28. The van der Waals surface area contributed by atoms with Crippen LogP contribution in [0.3, 0.4) is 0 Å². The molecule has 0 aliphatic heterocycles. The minimum atomic E-state index is 0.400. The molecular weight excluding hydrogens is 290 g/mol. The fourth-order valence-corrected chi connectivity index (χ4v) is 3.15. The molecular formula is C10H9N3S4. The maximum Gasteiger partial charge on any atom is 0.201 e. The first-order chi connectivity index (χ1) is 8.17. The van der Waals surface area contributed by atoms with Crippen LogP contribution in [0.25, 0.3) is 0 Å². The lowest BCUT2D eigenvalue weighted by Gasteiger charge is -2.02. The van der Waals surface area contributed by atoms with Gasteiger partial charge in [0.15, 0.2) is 9.93 Å². The number of aromatic amines is 2. The molecule has 0 bridgehead atoms. The van der Waals surface area contributed by atoms with E-state index in [9.17, 15) is 0 Å². The molecule has 1 aromatic carbocycles. The van der Waals surface area contributed by atoms with Gasteiger partial charge in [0.25, 0.3) is 0 Å². The summed E-state index contributed by atoms with van der Waals surface area (Å²) >= 11 is 13.2. The Hall–Kier alpha value is -0.630. The molecule has 0 aliphatic carbocycles. The molecule has 0 aliphatic rings. The second kappa shape index (κ2) is 5.81. The van der Waals surface area contributed by atoms with Crippen molar-refractivity contribution < 1.29 is 0 Å². The summed E-state index contributed by atoms with van der Waals surface area (Å²) in [7, 11) is 0. The molecule has 0 fully saturated rings. The Bertz CT molecular complexity index is 603. The monoisotopic (exact) mass is 299 g/mol. The topological polar surface area (TPSA) is 44.5 Å². The zero-order valence-electron chi connectivity index (χ0n) is 8.89. The van der Waals surface area contributed by atoms with Crippen molar-refractivity contribution in [1.29, 1.82) is 0 Å². The van der Waals surface area contributed by atoms with Gasteiger partial charge in [-0.2, -0.15) is 4.98 Å². The standard InChI is InChI=1S/C10H9N3S4/c1-16-6-3-2-4-7(5-6)17-10-12-8(14)11-9(15)13-10/h2-5H,1H3,(H2,11,12,13,14,15). The maximum atomic E-state index is 5.02. The summed E-state index contributed by atoms with van der Waals surface area (Å²) < 4.78 is 0.894. The minimum Gasteiger partial charge on any atom is -0.311 e. The van der Waals surface area contributed by atoms with Gasteiger partial charge in [0.05, 0.1) is 0 Å². The third-order valence-electron chi connectivity index (χ3n) is 1.90. The number of benzene rings is 1. The van der Waals surface area contributed by atoms with Gasteiger partial charge in [0.2, 0.25) is 4.77 Å². The Morgan fingerprint density at radius 1 is 1.18 bits per heavy atom. The van der Waals surface area contributed by atoms with Gasteiger partial charge >= 0.3 is 0 Å². The van der Waals surface area contributed by atoms with E-state index in [4.69, 9.17) is 24.4 Å². The second-order valence-corrected chi connectivity index (χ2v) is 5.82. The fourth-order valence-electron chi connectivity index (χ4n) is 1.20. The zero-order chi connectivity index (χ0) is 12.3. The van der Waals surface area contributed by atoms with E-state index in [1.165, 1.54) is 16.7 Å². The number of H-pyrrole nitrogens is 2. The van der Waals surface area contributed by atoms with Crippen LogP contribution in [-0.4, -0.2) is 21.2 Å². The number of aromatic nitrogens is 3. The van der Waals surface area contributed by atoms with E-state index >= 15 is 0 Å². The Balaban J connectivity index is 2.31. The van der Waals surface area contributed by atoms with Crippen molar-refractivity contribution in [1.82, 2.24) is 15.0 Å². The minimum absolute atomic E-state index is 0.400. The van der Waals surface area contributed by atoms with Crippen LogP contribution in [0.15, 0.2) is 39.2 Å². The molecule has 0 radical (unpaired) electrons. The Kier molecular flexibility index (Phi) is 4.38. The Morgan fingerprint density at radius 3 is 2.65 bits per heavy atom. The number of thioether (sulfide) groups is 1. The lowest BCUT2D eigenvalue weighted by atomic mass is 10.4. The molecule has 17 heavy (non-hydrogen) atoms. The molecule has 2 N–H and O–H groups in total. The quantitative estimate of drug-likeness (QED) is 0.661. The van der Waals surface area contributed by atoms with Gasteiger partial charge in [-0.25, -0.2) is 0 Å². The van der Waals surface area contributed by atoms with Crippen LogP contribution >= 0.6 is 48.0 Å². The van der Waals surface area contributed by atoms with Crippen molar-refractivity contribution in [2.75, 3.05) is 6.26 Å². The van der Waals surface area contributed by atoms with Crippen molar-refractivity contribution in [3.05, 3.63) is 33.8 Å². The normalized spacial score (nSPS) is 10.4. The van der Waals surface area contributed by atoms with Crippen LogP contribution in [-0.2, 0) is 0 Å². The lowest BCUT2D eigenvalue weighted by Crippen LogP contribution is -1.91. The van der Waals surface area contributed by atoms with Crippen molar-refractivity contribution in [3.8, 4) is 0 Å². The predicted molar refractivity (Wildman–Crippen MR) is 77.0 cm³/mol. The summed E-state index contributed by atoms with van der Waals surface area (Å²) in [6, 6.07) is 8.23. The zero-order valence-corrected chi connectivity index (χ0v) is 12.2. The molecule has 2 rings (SSSR count). The predicted octanol–water partition coefficient (Wildman–Crippen LogP) is 4.07. The highest BCUT2D eigenvalue weighted by molar-refractivity contribution is 7.99. The van der Waals surface area contributed by atoms with Gasteiger partial charge in [-0.15, -0.1) is 11.8 Å². The van der Waals surface area contributed by atoms with Crippen LogP contribution < -0.4 is 0 Å². The SMILES string of the molecule is CSc1cccc(Sc2nc(=S)[nH]c(=S)[nH]2)c1. The van der Waals surface area contributed by atoms with Crippen LogP contribution in [0.2, 0.25) is 0 Å². The number of nitrogens with one attached hydrogen (secondary N) is 2. The molecule has 3 nitrogen and oxygen atoms in total. The molecule has 2 aromatic rings. The van der Waals surface area contributed by atoms with Crippen LogP contribution in [0.1, 0.15) is 0 Å². The van der Waals surface area contributed by atoms with Crippen molar-refractivity contribution in [2.24, 2.45) is 0 Å². The van der Waals surface area contributed by atoms with Crippen LogP contribution in [0, 0.1) is 9.54 Å². The molecule has 88 valence electrons. The van der Waals surface area contributed by atoms with Crippen LogP contribution in [0.5, 0.6) is 0 Å². The first kappa shape index (κ1) is 12.8. The number of hydrogen-bond acceptors (Lipinski definition) is 5. The largest absolute Gasteiger partial charge is 0.311 e. The molecule has 0 unspecified atom stereocenters. The van der Waals surface area contributed by atoms with Crippen LogP contribution in [0.4, 0.5) is 0 Å². The van der Waals surface area contributed by atoms with Gasteiger partial charge in [0.1, 0.15) is 0 Å². The molecule has 1 heterocycles. The summed E-state index contributed by atoms with van der Waals surface area (Å²) in [5, 5.41) is 0.706. The first-order valence-corrected chi connectivity index (χ1v) is 7.56. The highest BCUT2D eigenvalue weighted by atomic mass is 32.2. The molecule has 7 heteroatoms. The smallest absolute Gasteiger partial charge is 0.201 e. The number of rotatable bonds is 3. The van der Waals surface area contributed by atoms with Gasteiger partial charge in [-0.1, -0.05) is 17.8 Å². The lowest BCUT2D eigenvalue weighted by molar-refractivity contribution is 0.872.